The van der Waals surface area contributed by atoms with Crippen molar-refractivity contribution in [1.82, 2.24) is 15.1 Å². The van der Waals surface area contributed by atoms with Crippen molar-refractivity contribution in [3.63, 3.8) is 0 Å². The lowest BCUT2D eigenvalue weighted by Crippen LogP contribution is -1.97. The summed E-state index contributed by atoms with van der Waals surface area (Å²) < 4.78 is 5.36. The number of nitrogens with zero attached hydrogens (tertiary/aromatic N) is 3. The quantitative estimate of drug-likeness (QED) is 0.789. The number of hydrogen-bond acceptors (Lipinski definition) is 5. The van der Waals surface area contributed by atoms with Gasteiger partial charge in [-0.1, -0.05) is 35.5 Å². The first-order valence-corrected chi connectivity index (χ1v) is 6.32. The van der Waals surface area contributed by atoms with Crippen LogP contribution < -0.4 is 5.32 Å². The van der Waals surface area contributed by atoms with Gasteiger partial charge in [-0.25, -0.2) is 9.97 Å². The Morgan fingerprint density at radius 3 is 2.60 bits per heavy atom. The van der Waals surface area contributed by atoms with Crippen LogP contribution in [0.15, 0.2) is 47.0 Å². The summed E-state index contributed by atoms with van der Waals surface area (Å²) in [5, 5.41) is 7.08. The fourth-order valence-corrected chi connectivity index (χ4v) is 1.93. The molecule has 0 saturated heterocycles. The molecule has 0 amide bonds. The second kappa shape index (κ2) is 5.13. The van der Waals surface area contributed by atoms with E-state index in [1.54, 1.807) is 0 Å². The van der Waals surface area contributed by atoms with Gasteiger partial charge in [-0.2, -0.15) is 0 Å². The fourth-order valence-electron chi connectivity index (χ4n) is 1.93. The predicted octanol–water partition coefficient (Wildman–Crippen LogP) is 3.15. The monoisotopic (exact) mass is 266 g/mol. The number of aromatic nitrogens is 3. The zero-order valence-corrected chi connectivity index (χ0v) is 11.3. The summed E-state index contributed by atoms with van der Waals surface area (Å²) in [6, 6.07) is 13.6. The van der Waals surface area contributed by atoms with E-state index in [-0.39, 0.29) is 0 Å². The van der Waals surface area contributed by atoms with Crippen molar-refractivity contribution < 1.29 is 4.52 Å². The molecule has 1 aromatic carbocycles. The fraction of sp³-hybridized carbons (Fsp3) is 0.133. The van der Waals surface area contributed by atoms with Crippen LogP contribution in [0.5, 0.6) is 0 Å². The first-order valence-electron chi connectivity index (χ1n) is 6.32. The summed E-state index contributed by atoms with van der Waals surface area (Å²) in [5.74, 6) is 1.85. The minimum Gasteiger partial charge on any atom is -0.373 e. The van der Waals surface area contributed by atoms with Gasteiger partial charge in [0.05, 0.1) is 0 Å². The molecule has 100 valence electrons. The molecule has 0 bridgehead atoms. The number of rotatable bonds is 3. The van der Waals surface area contributed by atoms with Gasteiger partial charge in [0.2, 0.25) is 11.6 Å². The van der Waals surface area contributed by atoms with Gasteiger partial charge in [-0.15, -0.1) is 0 Å². The highest BCUT2D eigenvalue weighted by Crippen LogP contribution is 2.24. The third-order valence-corrected chi connectivity index (χ3v) is 2.91. The Bertz CT molecular complexity index is 722. The van der Waals surface area contributed by atoms with Crippen LogP contribution in [0.1, 0.15) is 5.69 Å². The average Bonchev–Trinajstić information content (AvgIpc) is 2.97. The molecule has 5 nitrogen and oxygen atoms in total. The number of benzene rings is 1. The zero-order valence-electron chi connectivity index (χ0n) is 11.3. The highest BCUT2D eigenvalue weighted by atomic mass is 16.5. The second-order valence-electron chi connectivity index (χ2n) is 4.41. The largest absolute Gasteiger partial charge is 0.373 e. The molecular weight excluding hydrogens is 252 g/mol. The van der Waals surface area contributed by atoms with Crippen LogP contribution in [0.2, 0.25) is 0 Å². The molecule has 2 aromatic heterocycles. The van der Waals surface area contributed by atoms with Crippen LogP contribution in [-0.4, -0.2) is 22.2 Å². The third-order valence-electron chi connectivity index (χ3n) is 2.91. The van der Waals surface area contributed by atoms with Crippen LogP contribution in [0.25, 0.3) is 22.8 Å². The van der Waals surface area contributed by atoms with E-state index in [9.17, 15) is 0 Å². The molecule has 0 aliphatic heterocycles. The van der Waals surface area contributed by atoms with Crippen molar-refractivity contribution in [3.8, 4) is 22.8 Å². The number of anilines is 1. The Kier molecular flexibility index (Phi) is 3.16. The third kappa shape index (κ3) is 2.38. The van der Waals surface area contributed by atoms with Crippen molar-refractivity contribution in [2.45, 2.75) is 6.92 Å². The van der Waals surface area contributed by atoms with Crippen molar-refractivity contribution in [2.75, 3.05) is 12.4 Å². The first-order chi connectivity index (χ1) is 9.76. The highest BCUT2D eigenvalue weighted by molar-refractivity contribution is 5.64. The molecule has 5 heteroatoms. The van der Waals surface area contributed by atoms with Crippen LogP contribution in [0.3, 0.4) is 0 Å². The smallest absolute Gasteiger partial charge is 0.204 e. The molecule has 3 rings (SSSR count). The van der Waals surface area contributed by atoms with Crippen molar-refractivity contribution in [3.05, 3.63) is 48.2 Å². The second-order valence-corrected chi connectivity index (χ2v) is 4.41. The van der Waals surface area contributed by atoms with E-state index in [1.165, 1.54) is 0 Å². The molecule has 0 unspecified atom stereocenters. The Morgan fingerprint density at radius 1 is 1.05 bits per heavy atom. The maximum absolute atomic E-state index is 5.36. The average molecular weight is 266 g/mol. The molecule has 0 atom stereocenters. The normalized spacial score (nSPS) is 10.5. The SMILES string of the molecule is CNc1cc(C)nc(-c2cc(-c3ccccc3)no2)n1. The van der Waals surface area contributed by atoms with Gasteiger partial charge in [0.1, 0.15) is 11.5 Å². The molecular formula is C15H14N4O. The number of aryl methyl sites for hydroxylation is 1. The lowest BCUT2D eigenvalue weighted by atomic mass is 10.1. The van der Waals surface area contributed by atoms with Gasteiger partial charge in [0.25, 0.3) is 0 Å². The molecule has 2 heterocycles. The summed E-state index contributed by atoms with van der Waals surface area (Å²) in [7, 11) is 1.82. The van der Waals surface area contributed by atoms with Crippen LogP contribution in [0, 0.1) is 6.92 Å². The summed E-state index contributed by atoms with van der Waals surface area (Å²) >= 11 is 0. The molecule has 0 spiro atoms. The summed E-state index contributed by atoms with van der Waals surface area (Å²) in [5.41, 5.74) is 2.65. The minimum atomic E-state index is 0.532. The van der Waals surface area contributed by atoms with Gasteiger partial charge in [-0.05, 0) is 6.92 Å². The van der Waals surface area contributed by atoms with Crippen LogP contribution >= 0.6 is 0 Å². The predicted molar refractivity (Wildman–Crippen MR) is 77.2 cm³/mol. The lowest BCUT2D eigenvalue weighted by molar-refractivity contribution is 0.432. The van der Waals surface area contributed by atoms with E-state index < -0.39 is 0 Å². The highest BCUT2D eigenvalue weighted by Gasteiger charge is 2.12. The maximum Gasteiger partial charge on any atom is 0.204 e. The van der Waals surface area contributed by atoms with Crippen molar-refractivity contribution in [2.24, 2.45) is 0 Å². The summed E-state index contributed by atoms with van der Waals surface area (Å²) in [4.78, 5) is 8.75. The van der Waals surface area contributed by atoms with Crippen LogP contribution in [0.4, 0.5) is 5.82 Å². The summed E-state index contributed by atoms with van der Waals surface area (Å²) in [6.45, 7) is 1.92. The molecule has 3 aromatic rings. The van der Waals surface area contributed by atoms with Crippen LogP contribution in [-0.2, 0) is 0 Å². The zero-order chi connectivity index (χ0) is 13.9. The molecule has 0 saturated carbocycles. The lowest BCUT2D eigenvalue weighted by Gasteiger charge is -2.02. The summed E-state index contributed by atoms with van der Waals surface area (Å²) in [6.07, 6.45) is 0. The van der Waals surface area contributed by atoms with E-state index in [1.807, 2.05) is 56.4 Å². The van der Waals surface area contributed by atoms with Gasteiger partial charge >= 0.3 is 0 Å². The maximum atomic E-state index is 5.36. The Morgan fingerprint density at radius 2 is 1.85 bits per heavy atom. The van der Waals surface area contributed by atoms with E-state index in [4.69, 9.17) is 4.52 Å². The Labute approximate surface area is 116 Å². The minimum absolute atomic E-state index is 0.532. The van der Waals surface area contributed by atoms with Crippen molar-refractivity contribution in [1.29, 1.82) is 0 Å². The van der Waals surface area contributed by atoms with E-state index in [0.717, 1.165) is 22.8 Å². The molecule has 1 N–H and O–H groups in total. The van der Waals surface area contributed by atoms with Gasteiger partial charge in [0.15, 0.2) is 0 Å². The standard InChI is InChI=1S/C15H14N4O/c1-10-8-14(16-2)18-15(17-10)13-9-12(19-20-13)11-6-4-3-5-7-11/h3-9H,1-2H3,(H,16,17,18). The molecule has 20 heavy (non-hydrogen) atoms. The topological polar surface area (TPSA) is 63.8 Å². The van der Waals surface area contributed by atoms with Gasteiger partial charge in [-0.3, -0.25) is 0 Å². The Hall–Kier alpha value is -2.69. The van der Waals surface area contributed by atoms with Gasteiger partial charge < -0.3 is 9.84 Å². The van der Waals surface area contributed by atoms with E-state index in [2.05, 4.69) is 20.4 Å². The molecule has 0 aliphatic carbocycles. The number of nitrogens with one attached hydrogen (secondary N) is 1. The van der Waals surface area contributed by atoms with E-state index in [0.29, 0.717) is 11.6 Å². The molecule has 0 radical (unpaired) electrons. The Balaban J connectivity index is 2.00. The van der Waals surface area contributed by atoms with E-state index >= 15 is 0 Å². The number of hydrogen-bond donors (Lipinski definition) is 1. The molecule has 0 fully saturated rings. The van der Waals surface area contributed by atoms with Crippen molar-refractivity contribution >= 4 is 5.82 Å². The van der Waals surface area contributed by atoms with Gasteiger partial charge in [0, 0.05) is 30.4 Å². The molecule has 0 aliphatic rings. The first kappa shape index (κ1) is 12.3.